The zero-order valence-electron chi connectivity index (χ0n) is 14.8. The summed E-state index contributed by atoms with van der Waals surface area (Å²) in [6, 6.07) is 4.51. The van der Waals surface area contributed by atoms with E-state index in [1.54, 1.807) is 33.8 Å². The lowest BCUT2D eigenvalue weighted by molar-refractivity contribution is -0.166. The molecule has 2 atom stereocenters. The van der Waals surface area contributed by atoms with Crippen molar-refractivity contribution in [3.05, 3.63) is 23.8 Å². The second-order valence-electron chi connectivity index (χ2n) is 5.91. The Morgan fingerprint density at radius 3 is 1.69 bits per heavy atom. The molecule has 0 unspecified atom stereocenters. The predicted molar refractivity (Wildman–Crippen MR) is 88.5 cm³/mol. The Labute approximate surface area is 150 Å². The monoisotopic (exact) mass is 370 g/mol. The van der Waals surface area contributed by atoms with E-state index in [1.807, 2.05) is 0 Å². The standard InChI is InChI=1S/C17H22O9/c1-8(2)24-10-6-5-7-11(25-9(3)4)12(10)17(23)26-14(16(21)22)13(18)15(19)20/h5-9,13-14,18H,1-4H3,(H,19,20)(H,21,22)/t13-,14-/m0/s1. The van der Waals surface area contributed by atoms with E-state index in [9.17, 15) is 19.5 Å². The second kappa shape index (κ2) is 9.04. The number of ether oxygens (including phenoxy) is 3. The summed E-state index contributed by atoms with van der Waals surface area (Å²) in [6.07, 6.45) is -5.34. The first-order valence-electron chi connectivity index (χ1n) is 7.85. The maximum atomic E-state index is 12.5. The summed E-state index contributed by atoms with van der Waals surface area (Å²) >= 11 is 0. The molecule has 0 radical (unpaired) electrons. The number of carboxylic acids is 2. The van der Waals surface area contributed by atoms with Crippen LogP contribution >= 0.6 is 0 Å². The molecule has 9 nitrogen and oxygen atoms in total. The summed E-state index contributed by atoms with van der Waals surface area (Å²) in [6.45, 7) is 6.89. The van der Waals surface area contributed by atoms with E-state index in [2.05, 4.69) is 0 Å². The fourth-order valence-corrected chi connectivity index (χ4v) is 1.97. The van der Waals surface area contributed by atoms with Gasteiger partial charge in [-0.1, -0.05) is 6.07 Å². The Balaban J connectivity index is 3.30. The molecule has 3 N–H and O–H groups in total. The van der Waals surface area contributed by atoms with E-state index >= 15 is 0 Å². The number of aliphatic carboxylic acids is 2. The van der Waals surface area contributed by atoms with Gasteiger partial charge in [0.25, 0.3) is 0 Å². The molecular formula is C17H22O9. The minimum absolute atomic E-state index is 0.0807. The molecule has 0 aromatic heterocycles. The predicted octanol–water partition coefficient (Wildman–Crippen LogP) is 1.32. The highest BCUT2D eigenvalue weighted by Crippen LogP contribution is 2.31. The molecule has 0 fully saturated rings. The molecule has 1 aromatic rings. The van der Waals surface area contributed by atoms with Gasteiger partial charge in [0.05, 0.1) is 12.2 Å². The van der Waals surface area contributed by atoms with Gasteiger partial charge in [-0.05, 0) is 39.8 Å². The van der Waals surface area contributed by atoms with Crippen molar-refractivity contribution in [1.29, 1.82) is 0 Å². The molecule has 0 saturated carbocycles. The normalized spacial score (nSPS) is 13.2. The van der Waals surface area contributed by atoms with Gasteiger partial charge in [0.1, 0.15) is 17.1 Å². The quantitative estimate of drug-likeness (QED) is 0.549. The molecule has 0 heterocycles. The highest BCUT2D eigenvalue weighted by Gasteiger charge is 2.37. The average Bonchev–Trinajstić information content (AvgIpc) is 2.50. The molecule has 0 aliphatic carbocycles. The van der Waals surface area contributed by atoms with Crippen LogP contribution in [0.5, 0.6) is 11.5 Å². The van der Waals surface area contributed by atoms with E-state index in [0.29, 0.717) is 0 Å². The van der Waals surface area contributed by atoms with Crippen LogP contribution in [0.3, 0.4) is 0 Å². The lowest BCUT2D eigenvalue weighted by atomic mass is 10.1. The van der Waals surface area contributed by atoms with Crippen LogP contribution in [0.15, 0.2) is 18.2 Å². The minimum atomic E-state index is -2.43. The van der Waals surface area contributed by atoms with E-state index in [-0.39, 0.29) is 29.3 Å². The van der Waals surface area contributed by atoms with Gasteiger partial charge in [-0.25, -0.2) is 14.4 Å². The number of aliphatic hydroxyl groups excluding tert-OH is 1. The van der Waals surface area contributed by atoms with Gasteiger partial charge in [-0.3, -0.25) is 0 Å². The molecule has 144 valence electrons. The van der Waals surface area contributed by atoms with Crippen LogP contribution in [0.25, 0.3) is 0 Å². The number of aliphatic hydroxyl groups is 1. The summed E-state index contributed by atoms with van der Waals surface area (Å²) in [5, 5.41) is 27.3. The lowest BCUT2D eigenvalue weighted by Gasteiger charge is -2.21. The van der Waals surface area contributed by atoms with Crippen LogP contribution in [0.2, 0.25) is 0 Å². The highest BCUT2D eigenvalue weighted by atomic mass is 16.6. The zero-order valence-corrected chi connectivity index (χ0v) is 14.8. The van der Waals surface area contributed by atoms with Crippen molar-refractivity contribution < 1.29 is 43.9 Å². The van der Waals surface area contributed by atoms with Gasteiger partial charge in [0.15, 0.2) is 6.10 Å². The third kappa shape index (κ3) is 5.62. The van der Waals surface area contributed by atoms with E-state index in [4.69, 9.17) is 24.4 Å². The first-order valence-corrected chi connectivity index (χ1v) is 7.85. The van der Waals surface area contributed by atoms with Gasteiger partial charge < -0.3 is 29.5 Å². The molecule has 1 rings (SSSR count). The van der Waals surface area contributed by atoms with Crippen molar-refractivity contribution in [3.63, 3.8) is 0 Å². The van der Waals surface area contributed by atoms with Crippen LogP contribution in [0, 0.1) is 0 Å². The van der Waals surface area contributed by atoms with Gasteiger partial charge in [0, 0.05) is 0 Å². The average molecular weight is 370 g/mol. The lowest BCUT2D eigenvalue weighted by Crippen LogP contribution is -2.43. The zero-order chi connectivity index (χ0) is 20.0. The Morgan fingerprint density at radius 1 is 0.885 bits per heavy atom. The largest absolute Gasteiger partial charge is 0.490 e. The summed E-state index contributed by atoms with van der Waals surface area (Å²) < 4.78 is 15.8. The van der Waals surface area contributed by atoms with E-state index < -0.39 is 30.1 Å². The first-order chi connectivity index (χ1) is 12.0. The molecule has 0 amide bonds. The number of carbonyl (C=O) groups excluding carboxylic acids is 1. The summed E-state index contributed by atoms with van der Waals surface area (Å²) in [5.41, 5.74) is -0.196. The van der Waals surface area contributed by atoms with Crippen molar-refractivity contribution >= 4 is 17.9 Å². The van der Waals surface area contributed by atoms with Crippen LogP contribution in [-0.2, 0) is 14.3 Å². The van der Waals surface area contributed by atoms with Gasteiger partial charge >= 0.3 is 17.9 Å². The third-order valence-corrected chi connectivity index (χ3v) is 2.93. The number of carboxylic acid groups (broad SMARTS) is 2. The maximum absolute atomic E-state index is 12.5. The fourth-order valence-electron chi connectivity index (χ4n) is 1.97. The van der Waals surface area contributed by atoms with Gasteiger partial charge in [-0.15, -0.1) is 0 Å². The Hall–Kier alpha value is -2.81. The molecule has 0 aliphatic rings. The molecular weight excluding hydrogens is 348 g/mol. The number of carbonyl (C=O) groups is 3. The van der Waals surface area contributed by atoms with Gasteiger partial charge in [-0.2, -0.15) is 0 Å². The molecule has 9 heteroatoms. The molecule has 1 aromatic carbocycles. The van der Waals surface area contributed by atoms with Crippen molar-refractivity contribution in [2.45, 2.75) is 52.1 Å². The summed E-state index contributed by atoms with van der Waals surface area (Å²) in [4.78, 5) is 34.6. The van der Waals surface area contributed by atoms with Crippen molar-refractivity contribution in [2.24, 2.45) is 0 Å². The highest BCUT2D eigenvalue weighted by molar-refractivity contribution is 5.97. The van der Waals surface area contributed by atoms with Crippen LogP contribution in [0.4, 0.5) is 0 Å². The number of hydrogen-bond donors (Lipinski definition) is 3. The summed E-state index contributed by atoms with van der Waals surface area (Å²) in [7, 11) is 0. The Morgan fingerprint density at radius 2 is 1.35 bits per heavy atom. The number of hydrogen-bond acceptors (Lipinski definition) is 7. The van der Waals surface area contributed by atoms with Crippen molar-refractivity contribution in [3.8, 4) is 11.5 Å². The van der Waals surface area contributed by atoms with Crippen LogP contribution < -0.4 is 9.47 Å². The Bertz CT molecular complexity index is 638. The molecule has 26 heavy (non-hydrogen) atoms. The second-order valence-corrected chi connectivity index (χ2v) is 5.91. The maximum Gasteiger partial charge on any atom is 0.348 e. The topological polar surface area (TPSA) is 140 Å². The number of esters is 1. The molecule has 0 spiro atoms. The van der Waals surface area contributed by atoms with E-state index in [0.717, 1.165) is 0 Å². The Kier molecular flexibility index (Phi) is 7.39. The van der Waals surface area contributed by atoms with Crippen molar-refractivity contribution in [1.82, 2.24) is 0 Å². The third-order valence-electron chi connectivity index (χ3n) is 2.93. The SMILES string of the molecule is CC(C)Oc1cccc(OC(C)C)c1C(=O)O[C@H](C(=O)O)[C@H](O)C(=O)O. The molecule has 0 bridgehead atoms. The van der Waals surface area contributed by atoms with E-state index in [1.165, 1.54) is 12.1 Å². The number of rotatable bonds is 9. The van der Waals surface area contributed by atoms with Crippen LogP contribution in [-0.4, -0.2) is 57.6 Å². The smallest absolute Gasteiger partial charge is 0.348 e. The minimum Gasteiger partial charge on any atom is -0.490 e. The molecule has 0 aliphatic heterocycles. The summed E-state index contributed by atoms with van der Waals surface area (Å²) in [5.74, 6) is -4.67. The van der Waals surface area contributed by atoms with Crippen LogP contribution in [0.1, 0.15) is 38.1 Å². The first kappa shape index (κ1) is 21.2. The number of benzene rings is 1. The molecule has 0 saturated heterocycles. The van der Waals surface area contributed by atoms with Crippen molar-refractivity contribution in [2.75, 3.05) is 0 Å². The fraction of sp³-hybridized carbons (Fsp3) is 0.471. The van der Waals surface area contributed by atoms with Gasteiger partial charge in [0.2, 0.25) is 6.10 Å².